The van der Waals surface area contributed by atoms with Crippen LogP contribution < -0.4 is 0 Å². The highest BCUT2D eigenvalue weighted by molar-refractivity contribution is 5.77. The first-order chi connectivity index (χ1) is 7.06. The van der Waals surface area contributed by atoms with E-state index in [2.05, 4.69) is 10.7 Å². The Morgan fingerprint density at radius 1 is 1.20 bits per heavy atom. The van der Waals surface area contributed by atoms with E-state index in [4.69, 9.17) is 11.2 Å². The molecule has 84 valence electrons. The zero-order valence-corrected chi connectivity index (χ0v) is 9.12. The molecule has 0 spiro atoms. The molecule has 15 heavy (non-hydrogen) atoms. The van der Waals surface area contributed by atoms with Crippen molar-refractivity contribution in [2.24, 2.45) is 5.92 Å². The summed E-state index contributed by atoms with van der Waals surface area (Å²) >= 11 is 0. The molecule has 0 aromatic carbocycles. The normalized spacial score (nSPS) is 9.47. The fourth-order valence-electron chi connectivity index (χ4n) is 0.730. The standard InChI is InChI=1S/C11H16O4/c1-4-7-14-10(12)5-6-11(13)15-8-9(2)3/h1,9H,5-8H2,2-3H3. The van der Waals surface area contributed by atoms with Crippen molar-refractivity contribution in [1.29, 1.82) is 0 Å². The predicted octanol–water partition coefficient (Wildman–Crippen LogP) is 1.14. The zero-order valence-electron chi connectivity index (χ0n) is 9.12. The number of carbonyl (C=O) groups is 2. The fraction of sp³-hybridized carbons (Fsp3) is 0.636. The van der Waals surface area contributed by atoms with Gasteiger partial charge in [0.2, 0.25) is 0 Å². The molecular weight excluding hydrogens is 196 g/mol. The van der Waals surface area contributed by atoms with Crippen LogP contribution in [0.3, 0.4) is 0 Å². The number of rotatable bonds is 6. The average molecular weight is 212 g/mol. The third kappa shape index (κ3) is 8.82. The summed E-state index contributed by atoms with van der Waals surface area (Å²) < 4.78 is 9.46. The minimum atomic E-state index is -0.477. The fourth-order valence-corrected chi connectivity index (χ4v) is 0.730. The Morgan fingerprint density at radius 2 is 1.73 bits per heavy atom. The summed E-state index contributed by atoms with van der Waals surface area (Å²) in [5.41, 5.74) is 0. The molecule has 0 aliphatic heterocycles. The maximum atomic E-state index is 11.1. The summed E-state index contributed by atoms with van der Waals surface area (Å²) in [6.45, 7) is 4.20. The van der Waals surface area contributed by atoms with Gasteiger partial charge < -0.3 is 9.47 Å². The molecule has 0 heterocycles. The molecule has 4 nitrogen and oxygen atoms in total. The van der Waals surface area contributed by atoms with Crippen molar-refractivity contribution in [2.45, 2.75) is 26.7 Å². The van der Waals surface area contributed by atoms with Gasteiger partial charge in [0.05, 0.1) is 19.4 Å². The van der Waals surface area contributed by atoms with Crippen LogP contribution in [0.4, 0.5) is 0 Å². The molecule has 0 radical (unpaired) electrons. The van der Waals surface area contributed by atoms with Crippen LogP contribution in [-0.2, 0) is 19.1 Å². The SMILES string of the molecule is C#CCOC(=O)CCC(=O)OCC(C)C. The number of terminal acetylenes is 1. The van der Waals surface area contributed by atoms with Crippen LogP contribution in [-0.4, -0.2) is 25.2 Å². The highest BCUT2D eigenvalue weighted by atomic mass is 16.5. The number of carbonyl (C=O) groups excluding carboxylic acids is 2. The predicted molar refractivity (Wildman–Crippen MR) is 54.8 cm³/mol. The first-order valence-electron chi connectivity index (χ1n) is 4.81. The van der Waals surface area contributed by atoms with E-state index in [0.717, 1.165) is 0 Å². The summed E-state index contributed by atoms with van der Waals surface area (Å²) in [5.74, 6) is 1.60. The molecule has 0 aliphatic carbocycles. The van der Waals surface area contributed by atoms with E-state index >= 15 is 0 Å². The maximum Gasteiger partial charge on any atom is 0.307 e. The Hall–Kier alpha value is -1.50. The molecule has 0 saturated carbocycles. The van der Waals surface area contributed by atoms with Gasteiger partial charge in [-0.15, -0.1) is 6.42 Å². The van der Waals surface area contributed by atoms with Crippen LogP contribution >= 0.6 is 0 Å². The van der Waals surface area contributed by atoms with Crippen molar-refractivity contribution in [3.63, 3.8) is 0 Å². The van der Waals surface area contributed by atoms with Crippen LogP contribution in [0.15, 0.2) is 0 Å². The smallest absolute Gasteiger partial charge is 0.307 e. The van der Waals surface area contributed by atoms with Gasteiger partial charge in [0.15, 0.2) is 6.61 Å². The number of hydrogen-bond donors (Lipinski definition) is 0. The summed E-state index contributed by atoms with van der Waals surface area (Å²) in [4.78, 5) is 22.0. The zero-order chi connectivity index (χ0) is 11.7. The van der Waals surface area contributed by atoms with E-state index in [9.17, 15) is 9.59 Å². The molecule has 0 aromatic rings. The van der Waals surface area contributed by atoms with Crippen molar-refractivity contribution < 1.29 is 19.1 Å². The van der Waals surface area contributed by atoms with E-state index in [-0.39, 0.29) is 25.4 Å². The van der Waals surface area contributed by atoms with E-state index in [1.807, 2.05) is 13.8 Å². The van der Waals surface area contributed by atoms with Crippen molar-refractivity contribution in [3.05, 3.63) is 0 Å². The lowest BCUT2D eigenvalue weighted by Crippen LogP contribution is -2.12. The molecule has 0 amide bonds. The lowest BCUT2D eigenvalue weighted by molar-refractivity contribution is -0.150. The first-order valence-corrected chi connectivity index (χ1v) is 4.81. The van der Waals surface area contributed by atoms with Crippen LogP contribution in [0, 0.1) is 18.3 Å². The molecule has 4 heteroatoms. The van der Waals surface area contributed by atoms with Gasteiger partial charge in [-0.25, -0.2) is 0 Å². The molecule has 0 aromatic heterocycles. The Kier molecular flexibility index (Phi) is 7.08. The van der Waals surface area contributed by atoms with Crippen molar-refractivity contribution >= 4 is 11.9 Å². The Labute approximate surface area is 89.9 Å². The second-order valence-corrected chi connectivity index (χ2v) is 3.44. The Bertz CT molecular complexity index is 250. The van der Waals surface area contributed by atoms with Crippen LogP contribution in [0.5, 0.6) is 0 Å². The monoisotopic (exact) mass is 212 g/mol. The summed E-state index contributed by atoms with van der Waals surface area (Å²) in [7, 11) is 0. The minimum Gasteiger partial charge on any atom is -0.465 e. The molecule has 0 rings (SSSR count). The van der Waals surface area contributed by atoms with Crippen molar-refractivity contribution in [1.82, 2.24) is 0 Å². The molecule has 0 saturated heterocycles. The lowest BCUT2D eigenvalue weighted by Gasteiger charge is -2.06. The molecule has 0 bridgehead atoms. The minimum absolute atomic E-state index is 0.0125. The van der Waals surface area contributed by atoms with E-state index in [1.54, 1.807) is 0 Å². The van der Waals surface area contributed by atoms with Crippen LogP contribution in [0.2, 0.25) is 0 Å². The van der Waals surface area contributed by atoms with E-state index in [1.165, 1.54) is 0 Å². The van der Waals surface area contributed by atoms with Gasteiger partial charge in [0.1, 0.15) is 0 Å². The summed E-state index contributed by atoms with van der Waals surface area (Å²) in [6.07, 6.45) is 4.95. The molecule has 0 atom stereocenters. The van der Waals surface area contributed by atoms with Gasteiger partial charge in [-0.05, 0) is 5.92 Å². The summed E-state index contributed by atoms with van der Waals surface area (Å²) in [6, 6.07) is 0. The second-order valence-electron chi connectivity index (χ2n) is 3.44. The van der Waals surface area contributed by atoms with Crippen LogP contribution in [0.1, 0.15) is 26.7 Å². The van der Waals surface area contributed by atoms with Gasteiger partial charge in [-0.2, -0.15) is 0 Å². The third-order valence-corrected chi connectivity index (χ3v) is 1.43. The molecule has 0 N–H and O–H groups in total. The molecular formula is C11H16O4. The average Bonchev–Trinajstić information content (AvgIpc) is 2.20. The Morgan fingerprint density at radius 3 is 2.20 bits per heavy atom. The van der Waals surface area contributed by atoms with Gasteiger partial charge in [0.25, 0.3) is 0 Å². The number of esters is 2. The lowest BCUT2D eigenvalue weighted by atomic mass is 10.2. The van der Waals surface area contributed by atoms with Crippen molar-refractivity contribution in [3.8, 4) is 12.3 Å². The topological polar surface area (TPSA) is 52.6 Å². The van der Waals surface area contributed by atoms with Gasteiger partial charge in [-0.3, -0.25) is 9.59 Å². The highest BCUT2D eigenvalue weighted by Crippen LogP contribution is 1.99. The number of hydrogen-bond acceptors (Lipinski definition) is 4. The van der Waals surface area contributed by atoms with Crippen molar-refractivity contribution in [2.75, 3.05) is 13.2 Å². The van der Waals surface area contributed by atoms with Gasteiger partial charge in [-0.1, -0.05) is 19.8 Å². The maximum absolute atomic E-state index is 11.1. The van der Waals surface area contributed by atoms with E-state index < -0.39 is 5.97 Å². The third-order valence-electron chi connectivity index (χ3n) is 1.43. The first kappa shape index (κ1) is 13.5. The number of ether oxygens (including phenoxy) is 2. The van der Waals surface area contributed by atoms with Crippen LogP contribution in [0.25, 0.3) is 0 Å². The quantitative estimate of drug-likeness (QED) is 0.489. The second kappa shape index (κ2) is 7.86. The highest BCUT2D eigenvalue weighted by Gasteiger charge is 2.09. The molecule has 0 aliphatic rings. The molecule has 0 fully saturated rings. The largest absolute Gasteiger partial charge is 0.465 e. The van der Waals surface area contributed by atoms with E-state index in [0.29, 0.717) is 12.5 Å². The Balaban J connectivity index is 3.54. The van der Waals surface area contributed by atoms with Gasteiger partial charge >= 0.3 is 11.9 Å². The van der Waals surface area contributed by atoms with Gasteiger partial charge in [0, 0.05) is 0 Å². The molecule has 0 unspecified atom stereocenters. The summed E-state index contributed by atoms with van der Waals surface area (Å²) in [5, 5.41) is 0.